The fraction of sp³-hybridized carbons (Fsp3) is 0.227. The number of carbonyl (C=O) groups is 1. The van der Waals surface area contributed by atoms with Crippen molar-refractivity contribution in [3.8, 4) is 16.3 Å². The first-order chi connectivity index (χ1) is 14.0. The summed E-state index contributed by atoms with van der Waals surface area (Å²) < 4.78 is 19.4. The molecule has 1 heterocycles. The van der Waals surface area contributed by atoms with Crippen LogP contribution in [0.1, 0.15) is 26.5 Å². The van der Waals surface area contributed by atoms with E-state index in [0.29, 0.717) is 19.6 Å². The van der Waals surface area contributed by atoms with Gasteiger partial charge in [-0.1, -0.05) is 36.1 Å². The second-order valence-electron chi connectivity index (χ2n) is 6.53. The van der Waals surface area contributed by atoms with Gasteiger partial charge in [0.05, 0.1) is 5.56 Å². The van der Waals surface area contributed by atoms with Gasteiger partial charge in [-0.3, -0.25) is 4.79 Å². The van der Waals surface area contributed by atoms with Crippen molar-refractivity contribution in [1.29, 1.82) is 0 Å². The maximum absolute atomic E-state index is 13.6. The molecule has 150 valence electrons. The van der Waals surface area contributed by atoms with Crippen LogP contribution >= 0.6 is 11.3 Å². The molecule has 5 nitrogen and oxygen atoms in total. The van der Waals surface area contributed by atoms with Gasteiger partial charge in [-0.05, 0) is 49.2 Å². The highest BCUT2D eigenvalue weighted by Gasteiger charge is 2.13. The van der Waals surface area contributed by atoms with Gasteiger partial charge in [0.15, 0.2) is 0 Å². The van der Waals surface area contributed by atoms with Crippen LogP contribution in [0, 0.1) is 19.7 Å². The molecule has 0 radical (unpaired) electrons. The normalized spacial score (nSPS) is 10.6. The molecule has 1 aromatic heterocycles. The van der Waals surface area contributed by atoms with E-state index in [4.69, 9.17) is 4.74 Å². The summed E-state index contributed by atoms with van der Waals surface area (Å²) in [6.45, 7) is 8.48. The third-order valence-electron chi connectivity index (χ3n) is 4.26. The maximum Gasteiger partial charge on any atom is 0.254 e. The number of hydrogen-bond donors (Lipinski definition) is 1. The van der Waals surface area contributed by atoms with Crippen LogP contribution in [-0.2, 0) is 6.42 Å². The zero-order valence-corrected chi connectivity index (χ0v) is 17.2. The maximum atomic E-state index is 13.6. The molecule has 0 saturated heterocycles. The Bertz CT molecular complexity index is 1010. The zero-order valence-electron chi connectivity index (χ0n) is 16.4. The summed E-state index contributed by atoms with van der Waals surface area (Å²) in [5.41, 5.74) is 3.06. The standard InChI is InChI=1S/C22H22FN3O2S/c1-4-11-28-20-14(2)12-16(13-15(20)3)22-26-25-19(29-22)9-10-24-21(27)17-7-5-6-8-18(17)23/h4-8,12-13H,1,9-11H2,2-3H3,(H,24,27). The Hall–Kier alpha value is -3.06. The molecule has 0 atom stereocenters. The predicted octanol–water partition coefficient (Wildman–Crippen LogP) is 4.50. The highest BCUT2D eigenvalue weighted by molar-refractivity contribution is 7.14. The van der Waals surface area contributed by atoms with Crippen molar-refractivity contribution in [3.63, 3.8) is 0 Å². The molecular weight excluding hydrogens is 389 g/mol. The molecular formula is C22H22FN3O2S. The molecule has 7 heteroatoms. The molecule has 29 heavy (non-hydrogen) atoms. The van der Waals surface area contributed by atoms with Crippen LogP contribution in [0.3, 0.4) is 0 Å². The number of carbonyl (C=O) groups excluding carboxylic acids is 1. The zero-order chi connectivity index (χ0) is 20.8. The molecule has 0 saturated carbocycles. The number of hydrogen-bond acceptors (Lipinski definition) is 5. The topological polar surface area (TPSA) is 64.1 Å². The van der Waals surface area contributed by atoms with Gasteiger partial charge in [0.25, 0.3) is 5.91 Å². The van der Waals surface area contributed by atoms with E-state index in [9.17, 15) is 9.18 Å². The Morgan fingerprint density at radius 2 is 1.97 bits per heavy atom. The third-order valence-corrected chi connectivity index (χ3v) is 5.29. The number of nitrogens with zero attached hydrogens (tertiary/aromatic N) is 2. The Morgan fingerprint density at radius 1 is 1.24 bits per heavy atom. The Kier molecular flexibility index (Phi) is 6.72. The van der Waals surface area contributed by atoms with Crippen LogP contribution in [0.15, 0.2) is 49.1 Å². The number of benzene rings is 2. The molecule has 3 aromatic rings. The molecule has 0 unspecified atom stereocenters. The number of rotatable bonds is 8. The minimum atomic E-state index is -0.533. The first kappa shape index (κ1) is 20.7. The molecule has 0 aliphatic carbocycles. The predicted molar refractivity (Wildman–Crippen MR) is 113 cm³/mol. The minimum Gasteiger partial charge on any atom is -0.489 e. The Balaban J connectivity index is 1.63. The number of amides is 1. The van der Waals surface area contributed by atoms with Crippen LogP contribution < -0.4 is 10.1 Å². The number of nitrogens with one attached hydrogen (secondary N) is 1. The van der Waals surface area contributed by atoms with Crippen LogP contribution in [0.25, 0.3) is 10.6 Å². The van der Waals surface area contributed by atoms with Crippen molar-refractivity contribution in [2.24, 2.45) is 0 Å². The highest BCUT2D eigenvalue weighted by Crippen LogP contribution is 2.31. The second-order valence-corrected chi connectivity index (χ2v) is 7.59. The summed E-state index contributed by atoms with van der Waals surface area (Å²) in [5.74, 6) is -0.113. The van der Waals surface area contributed by atoms with Gasteiger partial charge in [0, 0.05) is 18.5 Å². The van der Waals surface area contributed by atoms with Crippen LogP contribution in [0.2, 0.25) is 0 Å². The monoisotopic (exact) mass is 411 g/mol. The average Bonchev–Trinajstić information content (AvgIpc) is 3.16. The van der Waals surface area contributed by atoms with Gasteiger partial charge < -0.3 is 10.1 Å². The first-order valence-electron chi connectivity index (χ1n) is 9.20. The molecule has 2 aromatic carbocycles. The summed E-state index contributed by atoms with van der Waals surface area (Å²) in [4.78, 5) is 12.1. The van der Waals surface area contributed by atoms with Gasteiger partial charge in [-0.2, -0.15) is 0 Å². The van der Waals surface area contributed by atoms with Crippen molar-refractivity contribution >= 4 is 17.2 Å². The van der Waals surface area contributed by atoms with Crippen molar-refractivity contribution in [1.82, 2.24) is 15.5 Å². The van der Waals surface area contributed by atoms with Crippen LogP contribution in [0.5, 0.6) is 5.75 Å². The lowest BCUT2D eigenvalue weighted by atomic mass is 10.1. The summed E-state index contributed by atoms with van der Waals surface area (Å²) in [5, 5.41) is 12.8. The van der Waals surface area contributed by atoms with Gasteiger partial charge >= 0.3 is 0 Å². The van der Waals surface area contributed by atoms with E-state index in [-0.39, 0.29) is 5.56 Å². The second kappa shape index (κ2) is 9.43. The van der Waals surface area contributed by atoms with E-state index in [1.54, 1.807) is 18.2 Å². The third kappa shape index (κ3) is 5.06. The quantitative estimate of drug-likeness (QED) is 0.555. The SMILES string of the molecule is C=CCOc1c(C)cc(-c2nnc(CCNC(=O)c3ccccc3F)s2)cc1C. The largest absolute Gasteiger partial charge is 0.489 e. The number of ether oxygens (including phenoxy) is 1. The molecule has 0 aliphatic heterocycles. The lowest BCUT2D eigenvalue weighted by Gasteiger charge is -2.11. The van der Waals surface area contributed by atoms with Crippen molar-refractivity contribution < 1.29 is 13.9 Å². The lowest BCUT2D eigenvalue weighted by Crippen LogP contribution is -2.26. The number of aromatic nitrogens is 2. The summed E-state index contributed by atoms with van der Waals surface area (Å²) in [7, 11) is 0. The van der Waals surface area contributed by atoms with E-state index in [0.717, 1.165) is 32.5 Å². The lowest BCUT2D eigenvalue weighted by molar-refractivity contribution is 0.0950. The first-order valence-corrected chi connectivity index (χ1v) is 10.0. The average molecular weight is 412 g/mol. The molecule has 0 aliphatic rings. The van der Waals surface area contributed by atoms with E-state index >= 15 is 0 Å². The molecule has 3 rings (SSSR count). The summed E-state index contributed by atoms with van der Waals surface area (Å²) in [6.07, 6.45) is 2.24. The van der Waals surface area contributed by atoms with Crippen molar-refractivity contribution in [2.45, 2.75) is 20.3 Å². The summed E-state index contributed by atoms with van der Waals surface area (Å²) in [6, 6.07) is 9.96. The number of halogens is 1. The fourth-order valence-corrected chi connectivity index (χ4v) is 3.76. The Labute approximate surface area is 173 Å². The fourth-order valence-electron chi connectivity index (χ4n) is 2.94. The van der Waals surface area contributed by atoms with Crippen LogP contribution in [-0.4, -0.2) is 29.3 Å². The van der Waals surface area contributed by atoms with Gasteiger partial charge in [0.2, 0.25) is 0 Å². The van der Waals surface area contributed by atoms with Crippen molar-refractivity contribution in [2.75, 3.05) is 13.2 Å². The van der Waals surface area contributed by atoms with Gasteiger partial charge in [-0.25, -0.2) is 4.39 Å². The molecule has 1 amide bonds. The minimum absolute atomic E-state index is 0.0372. The van der Waals surface area contributed by atoms with E-state index < -0.39 is 11.7 Å². The molecule has 1 N–H and O–H groups in total. The van der Waals surface area contributed by atoms with E-state index in [1.165, 1.54) is 23.5 Å². The Morgan fingerprint density at radius 3 is 2.66 bits per heavy atom. The molecule has 0 fully saturated rings. The highest BCUT2D eigenvalue weighted by atomic mass is 32.1. The van der Waals surface area contributed by atoms with E-state index in [2.05, 4.69) is 22.1 Å². The van der Waals surface area contributed by atoms with Crippen molar-refractivity contribution in [3.05, 3.63) is 76.6 Å². The van der Waals surface area contributed by atoms with Gasteiger partial charge in [-0.15, -0.1) is 10.2 Å². The number of aryl methyl sites for hydroxylation is 2. The van der Waals surface area contributed by atoms with Crippen LogP contribution in [0.4, 0.5) is 4.39 Å². The molecule has 0 bridgehead atoms. The van der Waals surface area contributed by atoms with E-state index in [1.807, 2.05) is 26.0 Å². The van der Waals surface area contributed by atoms with Gasteiger partial charge in [0.1, 0.15) is 28.2 Å². The molecule has 0 spiro atoms. The summed E-state index contributed by atoms with van der Waals surface area (Å²) >= 11 is 1.47. The smallest absolute Gasteiger partial charge is 0.254 e.